The summed E-state index contributed by atoms with van der Waals surface area (Å²) < 4.78 is 27.4. The van der Waals surface area contributed by atoms with Gasteiger partial charge in [0.25, 0.3) is 0 Å². The summed E-state index contributed by atoms with van der Waals surface area (Å²) in [5.41, 5.74) is 7.36. The normalized spacial score (nSPS) is 13.2. The third kappa shape index (κ3) is 4.06. The highest BCUT2D eigenvalue weighted by Gasteiger charge is 2.18. The lowest BCUT2D eigenvalue weighted by Gasteiger charge is -2.14. The zero-order valence-electron chi connectivity index (χ0n) is 12.2. The molecule has 21 heavy (non-hydrogen) atoms. The smallest absolute Gasteiger partial charge is 0.240 e. The van der Waals surface area contributed by atoms with Crippen molar-refractivity contribution in [2.24, 2.45) is 0 Å². The first-order valence-corrected chi connectivity index (χ1v) is 9.21. The maximum atomic E-state index is 12.4. The zero-order chi connectivity index (χ0) is 15.5. The highest BCUT2D eigenvalue weighted by Crippen LogP contribution is 2.19. The van der Waals surface area contributed by atoms with Crippen molar-refractivity contribution in [3.8, 4) is 0 Å². The summed E-state index contributed by atoms with van der Waals surface area (Å²) in [6, 6.07) is 8.71. The van der Waals surface area contributed by atoms with Crippen molar-refractivity contribution in [2.45, 2.75) is 37.6 Å². The summed E-state index contributed by atoms with van der Waals surface area (Å²) in [4.78, 5) is 1.38. The Morgan fingerprint density at radius 2 is 2.10 bits per heavy atom. The SMILES string of the molecule is CCc1ccc(S(=O)(=O)NC(C)Cc2cccs2)cc1N. The Hall–Kier alpha value is -1.37. The molecule has 6 heteroatoms. The Morgan fingerprint density at radius 3 is 2.67 bits per heavy atom. The molecule has 0 radical (unpaired) electrons. The number of hydrogen-bond donors (Lipinski definition) is 2. The first kappa shape index (κ1) is 16.0. The molecule has 1 atom stereocenters. The van der Waals surface area contributed by atoms with E-state index in [0.717, 1.165) is 16.9 Å². The molecule has 0 fully saturated rings. The van der Waals surface area contributed by atoms with E-state index in [4.69, 9.17) is 5.73 Å². The van der Waals surface area contributed by atoms with Gasteiger partial charge < -0.3 is 5.73 Å². The zero-order valence-corrected chi connectivity index (χ0v) is 13.8. The third-order valence-corrected chi connectivity index (χ3v) is 5.74. The number of anilines is 1. The predicted molar refractivity (Wildman–Crippen MR) is 88.0 cm³/mol. The summed E-state index contributed by atoms with van der Waals surface area (Å²) in [6.45, 7) is 3.85. The Morgan fingerprint density at radius 1 is 1.33 bits per heavy atom. The summed E-state index contributed by atoms with van der Waals surface area (Å²) in [6.07, 6.45) is 1.47. The number of thiophene rings is 1. The van der Waals surface area contributed by atoms with E-state index < -0.39 is 10.0 Å². The molecule has 0 saturated heterocycles. The van der Waals surface area contributed by atoms with Crippen LogP contribution in [0.3, 0.4) is 0 Å². The van der Waals surface area contributed by atoms with Gasteiger partial charge in [-0.3, -0.25) is 0 Å². The Kier molecular flexibility index (Phi) is 5.03. The van der Waals surface area contributed by atoms with Gasteiger partial charge in [0.05, 0.1) is 4.90 Å². The Labute approximate surface area is 130 Å². The highest BCUT2D eigenvalue weighted by atomic mass is 32.2. The van der Waals surface area contributed by atoms with Gasteiger partial charge in [-0.05, 0) is 48.9 Å². The van der Waals surface area contributed by atoms with Gasteiger partial charge in [0.2, 0.25) is 10.0 Å². The predicted octanol–water partition coefficient (Wildman–Crippen LogP) is 2.80. The number of hydrogen-bond acceptors (Lipinski definition) is 4. The minimum absolute atomic E-state index is 0.166. The molecule has 0 saturated carbocycles. The van der Waals surface area contributed by atoms with Gasteiger partial charge in [0.15, 0.2) is 0 Å². The molecule has 0 bridgehead atoms. The molecule has 1 heterocycles. The minimum Gasteiger partial charge on any atom is -0.398 e. The summed E-state index contributed by atoms with van der Waals surface area (Å²) >= 11 is 1.63. The van der Waals surface area contributed by atoms with Gasteiger partial charge >= 0.3 is 0 Å². The van der Waals surface area contributed by atoms with E-state index in [2.05, 4.69) is 4.72 Å². The number of aryl methyl sites for hydroxylation is 1. The van der Waals surface area contributed by atoms with E-state index in [1.807, 2.05) is 31.4 Å². The average Bonchev–Trinajstić information content (AvgIpc) is 2.90. The first-order chi connectivity index (χ1) is 9.92. The number of nitrogen functional groups attached to an aromatic ring is 1. The summed E-state index contributed by atoms with van der Waals surface area (Å²) in [5, 5.41) is 1.99. The van der Waals surface area contributed by atoms with Gasteiger partial charge in [-0.25, -0.2) is 13.1 Å². The van der Waals surface area contributed by atoms with Gasteiger partial charge in [-0.2, -0.15) is 0 Å². The van der Waals surface area contributed by atoms with Crippen molar-refractivity contribution in [2.75, 3.05) is 5.73 Å². The fourth-order valence-corrected chi connectivity index (χ4v) is 4.28. The monoisotopic (exact) mass is 324 g/mol. The second-order valence-electron chi connectivity index (χ2n) is 5.02. The van der Waals surface area contributed by atoms with Crippen molar-refractivity contribution in [1.82, 2.24) is 4.72 Å². The molecule has 1 unspecified atom stereocenters. The fourth-order valence-electron chi connectivity index (χ4n) is 2.17. The number of nitrogens with two attached hydrogens (primary N) is 1. The maximum absolute atomic E-state index is 12.4. The van der Waals surface area contributed by atoms with Crippen molar-refractivity contribution >= 4 is 27.0 Å². The van der Waals surface area contributed by atoms with Crippen LogP contribution in [0.1, 0.15) is 24.3 Å². The van der Waals surface area contributed by atoms with Gasteiger partial charge in [-0.15, -0.1) is 11.3 Å². The van der Waals surface area contributed by atoms with Gasteiger partial charge in [0.1, 0.15) is 0 Å². The molecule has 1 aromatic heterocycles. The molecule has 0 aliphatic heterocycles. The van der Waals surface area contributed by atoms with E-state index in [9.17, 15) is 8.42 Å². The van der Waals surface area contributed by atoms with Crippen molar-refractivity contribution < 1.29 is 8.42 Å². The second-order valence-corrected chi connectivity index (χ2v) is 7.77. The summed E-state index contributed by atoms with van der Waals surface area (Å²) in [7, 11) is -3.54. The van der Waals surface area contributed by atoms with E-state index in [0.29, 0.717) is 12.1 Å². The molecule has 114 valence electrons. The van der Waals surface area contributed by atoms with Crippen molar-refractivity contribution in [1.29, 1.82) is 0 Å². The molecule has 2 aromatic rings. The standard InChI is InChI=1S/C15H20N2O2S2/c1-3-12-6-7-14(10-15(12)16)21(18,19)17-11(2)9-13-5-4-8-20-13/h4-8,10-11,17H,3,9,16H2,1-2H3. The first-order valence-electron chi connectivity index (χ1n) is 6.85. The summed E-state index contributed by atoms with van der Waals surface area (Å²) in [5.74, 6) is 0. The van der Waals surface area contributed by atoms with E-state index in [1.165, 1.54) is 6.07 Å². The average molecular weight is 324 g/mol. The fraction of sp³-hybridized carbons (Fsp3) is 0.333. The molecule has 4 nitrogen and oxygen atoms in total. The Balaban J connectivity index is 2.12. The molecule has 1 aromatic carbocycles. The number of nitrogens with one attached hydrogen (secondary N) is 1. The van der Waals surface area contributed by atoms with E-state index in [-0.39, 0.29) is 10.9 Å². The molecular weight excluding hydrogens is 304 g/mol. The molecule has 2 rings (SSSR count). The number of sulfonamides is 1. The largest absolute Gasteiger partial charge is 0.398 e. The quantitative estimate of drug-likeness (QED) is 0.803. The Bertz CT molecular complexity index is 694. The minimum atomic E-state index is -3.54. The molecule has 0 aliphatic rings. The van der Waals surface area contributed by atoms with Crippen LogP contribution in [0.25, 0.3) is 0 Å². The molecule has 0 spiro atoms. The van der Waals surface area contributed by atoms with Crippen LogP contribution in [0, 0.1) is 0 Å². The lowest BCUT2D eigenvalue weighted by molar-refractivity contribution is 0.560. The third-order valence-electron chi connectivity index (χ3n) is 3.25. The number of rotatable bonds is 6. The van der Waals surface area contributed by atoms with Gasteiger partial charge in [-0.1, -0.05) is 19.1 Å². The van der Waals surface area contributed by atoms with E-state index in [1.54, 1.807) is 23.5 Å². The van der Waals surface area contributed by atoms with Crippen LogP contribution < -0.4 is 10.5 Å². The van der Waals surface area contributed by atoms with Crippen LogP contribution in [0.4, 0.5) is 5.69 Å². The highest BCUT2D eigenvalue weighted by molar-refractivity contribution is 7.89. The lowest BCUT2D eigenvalue weighted by atomic mass is 10.1. The molecular formula is C15H20N2O2S2. The lowest BCUT2D eigenvalue weighted by Crippen LogP contribution is -2.34. The van der Waals surface area contributed by atoms with Crippen LogP contribution in [0.2, 0.25) is 0 Å². The van der Waals surface area contributed by atoms with Crippen LogP contribution in [-0.4, -0.2) is 14.5 Å². The van der Waals surface area contributed by atoms with Crippen LogP contribution in [-0.2, 0) is 22.9 Å². The van der Waals surface area contributed by atoms with Gasteiger partial charge in [0, 0.05) is 16.6 Å². The molecule has 0 amide bonds. The molecule has 3 N–H and O–H groups in total. The van der Waals surface area contributed by atoms with E-state index >= 15 is 0 Å². The topological polar surface area (TPSA) is 72.2 Å². The number of benzene rings is 1. The van der Waals surface area contributed by atoms with Crippen molar-refractivity contribution in [3.05, 3.63) is 46.2 Å². The van der Waals surface area contributed by atoms with Crippen LogP contribution in [0.5, 0.6) is 0 Å². The van der Waals surface area contributed by atoms with Crippen LogP contribution >= 0.6 is 11.3 Å². The second kappa shape index (κ2) is 6.60. The molecule has 0 aliphatic carbocycles. The maximum Gasteiger partial charge on any atom is 0.240 e. The van der Waals surface area contributed by atoms with Crippen molar-refractivity contribution in [3.63, 3.8) is 0 Å². The van der Waals surface area contributed by atoms with Crippen LogP contribution in [0.15, 0.2) is 40.6 Å².